The zero-order chi connectivity index (χ0) is 16.7. The Hall–Kier alpha value is -1.75. The summed E-state index contributed by atoms with van der Waals surface area (Å²) in [7, 11) is 3.28. The van der Waals surface area contributed by atoms with E-state index in [1.165, 1.54) is 12.8 Å². The van der Waals surface area contributed by atoms with E-state index in [1.54, 1.807) is 14.2 Å². The monoisotopic (exact) mass is 320 g/mol. The fourth-order valence-electron chi connectivity index (χ4n) is 2.96. The van der Waals surface area contributed by atoms with E-state index in [4.69, 9.17) is 9.47 Å². The molecule has 23 heavy (non-hydrogen) atoms. The van der Waals surface area contributed by atoms with Gasteiger partial charge < -0.3 is 19.7 Å². The summed E-state index contributed by atoms with van der Waals surface area (Å²) in [6.45, 7) is 4.18. The molecule has 1 aromatic rings. The molecule has 1 fully saturated rings. The first-order valence-corrected chi connectivity index (χ1v) is 8.38. The number of benzene rings is 1. The first-order chi connectivity index (χ1) is 11.2. The van der Waals surface area contributed by atoms with Crippen LogP contribution in [0.3, 0.4) is 0 Å². The van der Waals surface area contributed by atoms with Gasteiger partial charge in [0.1, 0.15) is 11.5 Å². The Morgan fingerprint density at radius 2 is 1.87 bits per heavy atom. The van der Waals surface area contributed by atoms with Gasteiger partial charge in [0.15, 0.2) is 0 Å². The molecule has 0 radical (unpaired) electrons. The van der Waals surface area contributed by atoms with Gasteiger partial charge in [0, 0.05) is 30.8 Å². The van der Waals surface area contributed by atoms with Crippen molar-refractivity contribution in [1.29, 1.82) is 0 Å². The average molecular weight is 320 g/mol. The topological polar surface area (TPSA) is 50.8 Å². The first-order valence-electron chi connectivity index (χ1n) is 8.38. The number of rotatable bonds is 6. The molecule has 0 spiro atoms. The molecular formula is C18H28N2O3. The van der Waals surface area contributed by atoms with Crippen molar-refractivity contribution in [3.8, 4) is 11.5 Å². The fourth-order valence-corrected chi connectivity index (χ4v) is 2.96. The molecule has 0 unspecified atom stereocenters. The maximum Gasteiger partial charge on any atom is 0.236 e. The Kier molecular flexibility index (Phi) is 6.71. The fraction of sp³-hybridized carbons (Fsp3) is 0.611. The lowest BCUT2D eigenvalue weighted by Crippen LogP contribution is -2.39. The van der Waals surface area contributed by atoms with Crippen molar-refractivity contribution in [2.45, 2.75) is 38.6 Å². The van der Waals surface area contributed by atoms with Gasteiger partial charge in [-0.05, 0) is 25.8 Å². The number of nitrogens with one attached hydrogen (secondary N) is 1. The van der Waals surface area contributed by atoms with Crippen LogP contribution in [0.1, 0.15) is 44.2 Å². The second-order valence-corrected chi connectivity index (χ2v) is 6.01. The van der Waals surface area contributed by atoms with Crippen LogP contribution in [0.5, 0.6) is 11.5 Å². The Labute approximate surface area is 139 Å². The van der Waals surface area contributed by atoms with E-state index >= 15 is 0 Å². The van der Waals surface area contributed by atoms with Gasteiger partial charge >= 0.3 is 0 Å². The molecule has 1 aliphatic rings. The summed E-state index contributed by atoms with van der Waals surface area (Å²) in [5, 5.41) is 3.32. The molecule has 0 aliphatic carbocycles. The summed E-state index contributed by atoms with van der Waals surface area (Å²) in [5.74, 6) is 1.72. The summed E-state index contributed by atoms with van der Waals surface area (Å²) < 4.78 is 10.7. The van der Waals surface area contributed by atoms with E-state index in [0.717, 1.165) is 43.0 Å². The highest BCUT2D eigenvalue weighted by Gasteiger charge is 2.18. The molecule has 128 valence electrons. The van der Waals surface area contributed by atoms with Crippen molar-refractivity contribution in [2.24, 2.45) is 0 Å². The summed E-state index contributed by atoms with van der Waals surface area (Å²) >= 11 is 0. The largest absolute Gasteiger partial charge is 0.497 e. The summed E-state index contributed by atoms with van der Waals surface area (Å²) in [6.07, 6.45) is 4.70. The van der Waals surface area contributed by atoms with Crippen LogP contribution < -0.4 is 14.8 Å². The molecule has 1 N–H and O–H groups in total. The highest BCUT2D eigenvalue weighted by atomic mass is 16.5. The average Bonchev–Trinajstić information content (AvgIpc) is 2.88. The van der Waals surface area contributed by atoms with E-state index in [9.17, 15) is 4.79 Å². The van der Waals surface area contributed by atoms with Crippen LogP contribution in [0.25, 0.3) is 0 Å². The molecule has 1 aliphatic heterocycles. The van der Waals surface area contributed by atoms with Gasteiger partial charge in [0.2, 0.25) is 5.91 Å². The highest BCUT2D eigenvalue weighted by Crippen LogP contribution is 2.29. The van der Waals surface area contributed by atoms with Crippen LogP contribution in [0.15, 0.2) is 18.2 Å². The number of methoxy groups -OCH3 is 2. The van der Waals surface area contributed by atoms with Gasteiger partial charge in [-0.2, -0.15) is 0 Å². The Balaban J connectivity index is 1.93. The van der Waals surface area contributed by atoms with Crippen molar-refractivity contribution in [3.63, 3.8) is 0 Å². The minimum absolute atomic E-state index is 0.0341. The van der Waals surface area contributed by atoms with Gasteiger partial charge in [0.25, 0.3) is 0 Å². The number of hydrogen-bond donors (Lipinski definition) is 1. The van der Waals surface area contributed by atoms with Crippen LogP contribution in [0.2, 0.25) is 0 Å². The SMILES string of the molecule is COc1ccc([C@H](C)NCC(=O)N2CCCCCC2)c(OC)c1. The lowest BCUT2D eigenvalue weighted by Gasteiger charge is -2.23. The molecule has 1 atom stereocenters. The zero-order valence-corrected chi connectivity index (χ0v) is 14.4. The molecule has 1 aromatic carbocycles. The number of carbonyl (C=O) groups excluding carboxylic acids is 1. The smallest absolute Gasteiger partial charge is 0.236 e. The summed E-state index contributed by atoms with van der Waals surface area (Å²) in [5.41, 5.74) is 1.02. The molecule has 1 saturated heterocycles. The number of likely N-dealkylation sites (tertiary alicyclic amines) is 1. The lowest BCUT2D eigenvalue weighted by molar-refractivity contribution is -0.130. The predicted molar refractivity (Wildman–Crippen MR) is 91.0 cm³/mol. The maximum absolute atomic E-state index is 12.4. The minimum Gasteiger partial charge on any atom is -0.497 e. The van der Waals surface area contributed by atoms with Crippen molar-refractivity contribution >= 4 is 5.91 Å². The van der Waals surface area contributed by atoms with Crippen LogP contribution in [0.4, 0.5) is 0 Å². The molecule has 0 saturated carbocycles. The third kappa shape index (κ3) is 4.86. The second-order valence-electron chi connectivity index (χ2n) is 6.01. The third-order valence-corrected chi connectivity index (χ3v) is 4.43. The molecule has 1 amide bonds. The van der Waals surface area contributed by atoms with Gasteiger partial charge in [-0.25, -0.2) is 0 Å². The quantitative estimate of drug-likeness (QED) is 0.875. The van der Waals surface area contributed by atoms with E-state index in [1.807, 2.05) is 30.0 Å². The minimum atomic E-state index is 0.0341. The first kappa shape index (κ1) is 17.6. The highest BCUT2D eigenvalue weighted by molar-refractivity contribution is 5.78. The molecule has 1 heterocycles. The number of nitrogens with zero attached hydrogens (tertiary/aromatic N) is 1. The van der Waals surface area contributed by atoms with Crippen molar-refractivity contribution in [1.82, 2.24) is 10.2 Å². The lowest BCUT2D eigenvalue weighted by atomic mass is 10.1. The van der Waals surface area contributed by atoms with Gasteiger partial charge in [-0.1, -0.05) is 18.9 Å². The maximum atomic E-state index is 12.4. The summed E-state index contributed by atoms with van der Waals surface area (Å²) in [4.78, 5) is 14.3. The van der Waals surface area contributed by atoms with Gasteiger partial charge in [0.05, 0.1) is 20.8 Å². The van der Waals surface area contributed by atoms with E-state index < -0.39 is 0 Å². The predicted octanol–water partition coefficient (Wildman–Crippen LogP) is 2.76. The number of amides is 1. The van der Waals surface area contributed by atoms with Crippen molar-refractivity contribution in [3.05, 3.63) is 23.8 Å². The molecular weight excluding hydrogens is 292 g/mol. The Morgan fingerprint density at radius 3 is 2.48 bits per heavy atom. The van der Waals surface area contributed by atoms with Gasteiger partial charge in [-0.3, -0.25) is 4.79 Å². The molecule has 0 aromatic heterocycles. The second kappa shape index (κ2) is 8.77. The van der Waals surface area contributed by atoms with Crippen LogP contribution in [-0.4, -0.2) is 44.7 Å². The van der Waals surface area contributed by atoms with Crippen molar-refractivity contribution < 1.29 is 14.3 Å². The van der Waals surface area contributed by atoms with E-state index in [-0.39, 0.29) is 11.9 Å². The van der Waals surface area contributed by atoms with E-state index in [0.29, 0.717) is 6.54 Å². The van der Waals surface area contributed by atoms with E-state index in [2.05, 4.69) is 5.32 Å². The van der Waals surface area contributed by atoms with Crippen LogP contribution in [-0.2, 0) is 4.79 Å². The molecule has 0 bridgehead atoms. The summed E-state index contributed by atoms with van der Waals surface area (Å²) in [6, 6.07) is 5.79. The number of carbonyl (C=O) groups is 1. The van der Waals surface area contributed by atoms with Crippen LogP contribution >= 0.6 is 0 Å². The van der Waals surface area contributed by atoms with Crippen molar-refractivity contribution in [2.75, 3.05) is 33.9 Å². The Bertz CT molecular complexity index is 511. The Morgan fingerprint density at radius 1 is 1.17 bits per heavy atom. The molecule has 2 rings (SSSR count). The standard InChI is InChI=1S/C18H28N2O3/c1-14(16-9-8-15(22-2)12-17(16)23-3)19-13-18(21)20-10-6-4-5-7-11-20/h8-9,12,14,19H,4-7,10-11,13H2,1-3H3/t14-/m0/s1. The molecule has 5 nitrogen and oxygen atoms in total. The number of hydrogen-bond acceptors (Lipinski definition) is 4. The third-order valence-electron chi connectivity index (χ3n) is 4.43. The molecule has 5 heteroatoms. The zero-order valence-electron chi connectivity index (χ0n) is 14.4. The number of ether oxygens (including phenoxy) is 2. The van der Waals surface area contributed by atoms with Crippen LogP contribution in [0, 0.1) is 0 Å². The van der Waals surface area contributed by atoms with Gasteiger partial charge in [-0.15, -0.1) is 0 Å². The normalized spacial score (nSPS) is 16.6.